The predicted molar refractivity (Wildman–Crippen MR) is 182 cm³/mol. The Morgan fingerprint density at radius 2 is 1.40 bits per heavy atom. The molecule has 2 atom stereocenters. The minimum atomic E-state index is -0.510. The van der Waals surface area contributed by atoms with Crippen molar-refractivity contribution in [1.29, 1.82) is 5.26 Å². The largest absolute Gasteiger partial charge is 0.497 e. The first kappa shape index (κ1) is 40.0. The van der Waals surface area contributed by atoms with Crippen LogP contribution in [-0.2, 0) is 38.1 Å². The third kappa shape index (κ3) is 15.0. The quantitative estimate of drug-likeness (QED) is 0.0722. The van der Waals surface area contributed by atoms with E-state index in [9.17, 15) is 24.0 Å². The topological polar surface area (TPSA) is 158 Å². The number of carbonyl (C=O) groups is 3. The first-order valence-electron chi connectivity index (χ1n) is 16.6. The maximum atomic E-state index is 13.5. The van der Waals surface area contributed by atoms with Crippen LogP contribution in [0.25, 0.3) is 6.08 Å². The van der Waals surface area contributed by atoms with Crippen LogP contribution in [0.4, 0.5) is 4.39 Å². The molecule has 0 bridgehead atoms. The van der Waals surface area contributed by atoms with E-state index in [0.717, 1.165) is 5.56 Å². The van der Waals surface area contributed by atoms with Crippen molar-refractivity contribution in [1.82, 2.24) is 15.5 Å². The molecular formula is C36H47FN4O9. The molecule has 0 radical (unpaired) electrons. The number of nitrogens with one attached hydrogen (secondary N) is 2. The number of rotatable bonds is 24. The Hall–Kier alpha value is -4.39. The molecule has 0 saturated carbocycles. The van der Waals surface area contributed by atoms with Gasteiger partial charge in [0.2, 0.25) is 12.3 Å². The summed E-state index contributed by atoms with van der Waals surface area (Å²) >= 11 is 0. The third-order valence-electron chi connectivity index (χ3n) is 7.74. The molecule has 272 valence electrons. The van der Waals surface area contributed by atoms with Crippen molar-refractivity contribution in [2.24, 2.45) is 5.92 Å². The Morgan fingerprint density at radius 1 is 0.840 bits per heavy atom. The van der Waals surface area contributed by atoms with Gasteiger partial charge in [0.05, 0.1) is 79.1 Å². The number of hydrogen-bond donors (Lipinski definition) is 2. The van der Waals surface area contributed by atoms with Crippen molar-refractivity contribution in [2.45, 2.75) is 12.3 Å². The van der Waals surface area contributed by atoms with Crippen molar-refractivity contribution in [3.05, 3.63) is 71.0 Å². The van der Waals surface area contributed by atoms with Crippen LogP contribution in [0.5, 0.6) is 5.75 Å². The zero-order valence-electron chi connectivity index (χ0n) is 28.5. The van der Waals surface area contributed by atoms with Gasteiger partial charge in [0.1, 0.15) is 23.2 Å². The van der Waals surface area contributed by atoms with Gasteiger partial charge in [-0.25, -0.2) is 4.39 Å². The van der Waals surface area contributed by atoms with Crippen molar-refractivity contribution in [3.63, 3.8) is 0 Å². The van der Waals surface area contributed by atoms with Crippen molar-refractivity contribution < 1.29 is 47.2 Å². The number of piperidine rings is 1. The fraction of sp³-hybridized carbons (Fsp3) is 0.500. The summed E-state index contributed by atoms with van der Waals surface area (Å²) in [5, 5.41) is 15.2. The van der Waals surface area contributed by atoms with Crippen LogP contribution in [0, 0.1) is 23.1 Å². The van der Waals surface area contributed by atoms with E-state index in [1.165, 1.54) is 30.3 Å². The Balaban J connectivity index is 1.37. The highest BCUT2D eigenvalue weighted by molar-refractivity contribution is 6.02. The van der Waals surface area contributed by atoms with Crippen LogP contribution in [0.1, 0.15) is 23.5 Å². The lowest BCUT2D eigenvalue weighted by atomic mass is 9.83. The first-order chi connectivity index (χ1) is 24.4. The molecule has 2 N–H and O–H groups in total. The highest BCUT2D eigenvalue weighted by atomic mass is 19.1. The van der Waals surface area contributed by atoms with Gasteiger partial charge in [0, 0.05) is 32.1 Å². The van der Waals surface area contributed by atoms with Gasteiger partial charge in [-0.05, 0) is 47.9 Å². The molecule has 50 heavy (non-hydrogen) atoms. The maximum Gasteiger partial charge on any atom is 0.264 e. The van der Waals surface area contributed by atoms with Crippen LogP contribution in [0.2, 0.25) is 0 Å². The van der Waals surface area contributed by atoms with E-state index in [4.69, 9.17) is 28.4 Å². The fourth-order valence-corrected chi connectivity index (χ4v) is 5.17. The normalized spacial score (nSPS) is 16.0. The molecule has 0 aromatic heterocycles. The second-order valence-electron chi connectivity index (χ2n) is 11.3. The Kier molecular flexibility index (Phi) is 19.1. The number of likely N-dealkylation sites (tertiary alicyclic amines) is 1. The first-order valence-corrected chi connectivity index (χ1v) is 16.6. The molecule has 13 nitrogen and oxygen atoms in total. The lowest BCUT2D eigenvalue weighted by molar-refractivity contribution is -0.133. The molecule has 2 unspecified atom stereocenters. The van der Waals surface area contributed by atoms with Gasteiger partial charge in [-0.1, -0.05) is 24.3 Å². The van der Waals surface area contributed by atoms with Crippen molar-refractivity contribution in [3.8, 4) is 11.8 Å². The number of amides is 3. The number of nitrogens with zero attached hydrogens (tertiary/aromatic N) is 2. The SMILES string of the molecule is COc1ccc(C2CC(C(=O)NCCOCCOCCOCCOCCOCCNC=O)CN(C(=O)/C(C#N)=C/c3ccc(F)cc3)C2)cc1. The summed E-state index contributed by atoms with van der Waals surface area (Å²) < 4.78 is 45.9. The molecule has 0 aliphatic carbocycles. The van der Waals surface area contributed by atoms with Crippen LogP contribution >= 0.6 is 0 Å². The minimum absolute atomic E-state index is 0.0956. The molecule has 1 saturated heterocycles. The number of ether oxygens (including phenoxy) is 6. The highest BCUT2D eigenvalue weighted by Crippen LogP contribution is 2.32. The molecular weight excluding hydrogens is 651 g/mol. The molecule has 3 amide bonds. The predicted octanol–water partition coefficient (Wildman–Crippen LogP) is 2.32. The summed E-state index contributed by atoms with van der Waals surface area (Å²) in [6.45, 7) is 5.29. The van der Waals surface area contributed by atoms with E-state index in [0.29, 0.717) is 96.7 Å². The van der Waals surface area contributed by atoms with E-state index in [1.54, 1.807) is 12.0 Å². The Bertz CT molecular complexity index is 1370. The Morgan fingerprint density at radius 3 is 1.94 bits per heavy atom. The van der Waals surface area contributed by atoms with E-state index in [1.807, 2.05) is 30.3 Å². The smallest absolute Gasteiger partial charge is 0.264 e. The second-order valence-corrected chi connectivity index (χ2v) is 11.3. The second kappa shape index (κ2) is 23.9. The zero-order chi connectivity index (χ0) is 35.8. The molecule has 0 spiro atoms. The molecule has 1 aliphatic heterocycles. The summed E-state index contributed by atoms with van der Waals surface area (Å²) in [6, 6.07) is 15.0. The van der Waals surface area contributed by atoms with Crippen LogP contribution < -0.4 is 15.4 Å². The number of hydrogen-bond acceptors (Lipinski definition) is 10. The lowest BCUT2D eigenvalue weighted by Gasteiger charge is -2.37. The van der Waals surface area contributed by atoms with Gasteiger partial charge in [0.25, 0.3) is 5.91 Å². The lowest BCUT2D eigenvalue weighted by Crippen LogP contribution is -2.48. The molecule has 1 heterocycles. The number of methoxy groups -OCH3 is 1. The van der Waals surface area contributed by atoms with Gasteiger partial charge >= 0.3 is 0 Å². The summed E-state index contributed by atoms with van der Waals surface area (Å²) in [5.74, 6) is -1.07. The van der Waals surface area contributed by atoms with Crippen molar-refractivity contribution in [2.75, 3.05) is 99.4 Å². The third-order valence-corrected chi connectivity index (χ3v) is 7.74. The highest BCUT2D eigenvalue weighted by Gasteiger charge is 2.35. The molecule has 3 rings (SSSR count). The minimum Gasteiger partial charge on any atom is -0.497 e. The average Bonchev–Trinajstić information content (AvgIpc) is 3.15. The summed E-state index contributed by atoms with van der Waals surface area (Å²) in [6.07, 6.45) is 2.57. The Labute approximate surface area is 292 Å². The van der Waals surface area contributed by atoms with Gasteiger partial charge in [-0.3, -0.25) is 14.4 Å². The maximum absolute atomic E-state index is 13.5. The summed E-state index contributed by atoms with van der Waals surface area (Å²) in [5.41, 5.74) is 1.38. The summed E-state index contributed by atoms with van der Waals surface area (Å²) in [7, 11) is 1.58. The van der Waals surface area contributed by atoms with Gasteiger partial charge < -0.3 is 44.0 Å². The number of halogens is 1. The fourth-order valence-electron chi connectivity index (χ4n) is 5.17. The van der Waals surface area contributed by atoms with E-state index < -0.39 is 17.6 Å². The van der Waals surface area contributed by atoms with Crippen LogP contribution in [0.3, 0.4) is 0 Å². The van der Waals surface area contributed by atoms with E-state index >= 15 is 0 Å². The van der Waals surface area contributed by atoms with Crippen LogP contribution in [0.15, 0.2) is 54.1 Å². The summed E-state index contributed by atoms with van der Waals surface area (Å²) in [4.78, 5) is 38.5. The van der Waals surface area contributed by atoms with E-state index in [-0.39, 0.29) is 37.1 Å². The monoisotopic (exact) mass is 698 g/mol. The van der Waals surface area contributed by atoms with Gasteiger partial charge in [-0.2, -0.15) is 5.26 Å². The van der Waals surface area contributed by atoms with E-state index in [2.05, 4.69) is 10.6 Å². The molecule has 1 fully saturated rings. The van der Waals surface area contributed by atoms with Gasteiger partial charge in [0.15, 0.2) is 0 Å². The molecule has 1 aliphatic rings. The number of nitriles is 1. The van der Waals surface area contributed by atoms with Crippen molar-refractivity contribution >= 4 is 24.3 Å². The number of benzene rings is 2. The molecule has 14 heteroatoms. The molecule has 2 aromatic rings. The van der Waals surface area contributed by atoms with Gasteiger partial charge in [-0.15, -0.1) is 0 Å². The van der Waals surface area contributed by atoms with Crippen LogP contribution in [-0.4, -0.2) is 122 Å². The standard InChI is InChI=1S/C36H47FN4O9/c1-45-34-8-4-29(5-9-34)31-23-32(26-41(25-31)36(44)30(24-38)22-28-2-6-33(37)7-3-28)35(43)40-11-13-47-15-17-49-19-21-50-20-18-48-16-14-46-12-10-39-27-42/h2-9,22,27,31-32H,10-21,23,25-26H2,1H3,(H,39,42)(H,40,43)/b30-22+. The number of carbonyl (C=O) groups excluding carboxylic acids is 3. The average molecular weight is 699 g/mol. The zero-order valence-corrected chi connectivity index (χ0v) is 28.5. The molecule has 2 aromatic carbocycles.